The highest BCUT2D eigenvalue weighted by atomic mass is 16.7. The quantitative estimate of drug-likeness (QED) is 0.113. The summed E-state index contributed by atoms with van der Waals surface area (Å²) in [6.45, 7) is 1.66. The number of allylic oxidation sites excluding steroid dienone is 6. The molecule has 3 fully saturated rings. The maximum atomic E-state index is 12.8. The summed E-state index contributed by atoms with van der Waals surface area (Å²) in [5.74, 6) is -3.71. The molecule has 10 N–H and O–H groups in total. The molecule has 0 saturated carbocycles. The van der Waals surface area contributed by atoms with Crippen LogP contribution in [0.5, 0.6) is 0 Å². The van der Waals surface area contributed by atoms with Gasteiger partial charge in [0.2, 0.25) is 0 Å². The fourth-order valence-corrected chi connectivity index (χ4v) is 6.64. The molecule has 3 saturated heterocycles. The van der Waals surface area contributed by atoms with Gasteiger partial charge in [-0.3, -0.25) is 4.79 Å². The number of amides is 2. The van der Waals surface area contributed by atoms with E-state index in [9.17, 15) is 39.9 Å². The summed E-state index contributed by atoms with van der Waals surface area (Å²) in [5, 5.41) is 68.8. The van der Waals surface area contributed by atoms with E-state index in [4.69, 9.17) is 34.5 Å². The minimum atomic E-state index is -2.09. The lowest BCUT2D eigenvalue weighted by atomic mass is 9.87. The van der Waals surface area contributed by atoms with E-state index in [-0.39, 0.29) is 44.9 Å². The molecule has 0 aliphatic carbocycles. The van der Waals surface area contributed by atoms with Gasteiger partial charge < -0.3 is 70.7 Å². The number of aliphatic hydroxyl groups is 5. The van der Waals surface area contributed by atoms with Crippen molar-refractivity contribution in [2.45, 2.75) is 144 Å². The molecule has 55 heavy (non-hydrogen) atoms. The molecular weight excluding hydrogens is 722 g/mol. The van der Waals surface area contributed by atoms with Crippen LogP contribution in [0.25, 0.3) is 0 Å². The number of hydrogen-bond acceptors (Lipinski definition) is 14. The normalized spacial score (nSPS) is 40.5. The molecule has 4 aliphatic heterocycles. The van der Waals surface area contributed by atoms with Gasteiger partial charge in [-0.1, -0.05) is 68.4 Å². The molecule has 0 unspecified atom stereocenters. The highest BCUT2D eigenvalue weighted by Crippen LogP contribution is 2.36. The monoisotopic (exact) mass is 779 g/mol. The molecular formula is C38H57N3O14. The van der Waals surface area contributed by atoms with Crippen LogP contribution in [-0.2, 0) is 33.3 Å². The predicted octanol–water partition coefficient (Wildman–Crippen LogP) is 0.343. The SMILES string of the molecule is CCCC[C@@H]1C/C=C/C=C/C=C/C=C/[C@H](O[C@@H]2OC[C@@H](O)[C@H](N)[C@@H]2O)C[C@@H]2O[C@](O)(C[C@@H](O)C[C@H]3O[C@@H]3/C=C/C(=O)O1)C[C@H](O)[C@H]2NC(=O)NCCC(=O)O. The first-order chi connectivity index (χ1) is 26.3. The molecule has 0 radical (unpaired) electrons. The van der Waals surface area contributed by atoms with Crippen molar-refractivity contribution in [1.29, 1.82) is 0 Å². The summed E-state index contributed by atoms with van der Waals surface area (Å²) < 4.78 is 29.1. The molecule has 2 bridgehead atoms. The van der Waals surface area contributed by atoms with E-state index in [1.165, 1.54) is 6.08 Å². The number of aliphatic hydroxyl groups excluding tert-OH is 4. The number of carboxylic acid groups (broad SMARTS) is 1. The minimum absolute atomic E-state index is 0.0748. The Bertz CT molecular complexity index is 1410. The zero-order valence-corrected chi connectivity index (χ0v) is 31.0. The topological polar surface area (TPSA) is 272 Å². The van der Waals surface area contributed by atoms with Gasteiger partial charge in [0.1, 0.15) is 18.3 Å². The first kappa shape index (κ1) is 44.2. The number of nitrogens with one attached hydrogen (secondary N) is 2. The van der Waals surface area contributed by atoms with E-state index in [1.807, 2.05) is 18.2 Å². The van der Waals surface area contributed by atoms with Crippen LogP contribution in [0.3, 0.4) is 0 Å². The Hall–Kier alpha value is -3.49. The third kappa shape index (κ3) is 14.8. The molecule has 0 aromatic carbocycles. The van der Waals surface area contributed by atoms with Crippen LogP contribution in [0, 0.1) is 0 Å². The number of nitrogens with two attached hydrogens (primary N) is 1. The Morgan fingerprint density at radius 1 is 1.00 bits per heavy atom. The molecule has 4 heterocycles. The molecule has 17 heteroatoms. The van der Waals surface area contributed by atoms with Gasteiger partial charge in [-0.2, -0.15) is 0 Å². The van der Waals surface area contributed by atoms with Crippen LogP contribution in [0.4, 0.5) is 4.79 Å². The average Bonchev–Trinajstić information content (AvgIpc) is 3.86. The Morgan fingerprint density at radius 3 is 2.49 bits per heavy atom. The highest BCUT2D eigenvalue weighted by molar-refractivity contribution is 5.82. The van der Waals surface area contributed by atoms with Crippen molar-refractivity contribution >= 4 is 18.0 Å². The molecule has 308 valence electrons. The number of rotatable bonds is 9. The van der Waals surface area contributed by atoms with Crippen LogP contribution in [0.1, 0.15) is 64.7 Å². The van der Waals surface area contributed by atoms with Gasteiger partial charge in [-0.25, -0.2) is 9.59 Å². The number of carbonyl (C=O) groups excluding carboxylic acids is 2. The second-order valence-corrected chi connectivity index (χ2v) is 14.3. The Labute approximate surface area is 320 Å². The number of cyclic esters (lactones) is 1. The number of aliphatic carboxylic acids is 1. The summed E-state index contributed by atoms with van der Waals surface area (Å²) in [6, 6.07) is -3.02. The molecule has 0 aromatic heterocycles. The van der Waals surface area contributed by atoms with Gasteiger partial charge in [0.15, 0.2) is 12.1 Å². The number of esters is 1. The maximum absolute atomic E-state index is 12.8. The largest absolute Gasteiger partial charge is 0.481 e. The number of urea groups is 1. The number of carbonyl (C=O) groups is 3. The molecule has 13 atom stereocenters. The van der Waals surface area contributed by atoms with E-state index >= 15 is 0 Å². The first-order valence-corrected chi connectivity index (χ1v) is 18.9. The van der Waals surface area contributed by atoms with E-state index in [0.717, 1.165) is 12.8 Å². The first-order valence-electron chi connectivity index (χ1n) is 18.9. The standard InChI is InChI=1S/C38H57N3O14/c1-2-3-11-24-12-9-7-5-4-6-8-10-13-25(53-36-35(48)33(39)27(44)22-51-36)19-30-34(41-37(49)40-17-16-31(45)46)26(43)21-38(50,55-30)20-23(42)18-29-28(54-29)14-15-32(47)52-24/h4-10,13-15,23-30,33-36,42-44,48,50H,2-3,11-12,16-22,39H2,1H3,(H,45,46)(H2,40,41,49)/b5-4+,8-6+,9-7+,13-10+,15-14+/t23-,24+,25-,26-,27+,28+,29+,30-,33-,34+,35-,36-,38+/m0/s1. The Balaban J connectivity index is 1.60. The van der Waals surface area contributed by atoms with Crippen LogP contribution >= 0.6 is 0 Å². The Kier molecular flexibility index (Phi) is 17.5. The molecule has 17 nitrogen and oxygen atoms in total. The zero-order chi connectivity index (χ0) is 40.0. The van der Waals surface area contributed by atoms with Crippen LogP contribution in [-0.4, -0.2) is 141 Å². The van der Waals surface area contributed by atoms with Crippen LogP contribution in [0.2, 0.25) is 0 Å². The summed E-state index contributed by atoms with van der Waals surface area (Å²) in [4.78, 5) is 36.4. The third-order valence-electron chi connectivity index (χ3n) is 9.64. The second-order valence-electron chi connectivity index (χ2n) is 14.3. The van der Waals surface area contributed by atoms with Crippen LogP contribution in [0.15, 0.2) is 60.8 Å². The number of hydrogen-bond donors (Lipinski definition) is 9. The van der Waals surface area contributed by atoms with Gasteiger partial charge in [-0.05, 0) is 12.5 Å². The van der Waals surface area contributed by atoms with Crippen molar-refractivity contribution in [2.24, 2.45) is 5.73 Å². The lowest BCUT2D eigenvalue weighted by Gasteiger charge is -2.46. The molecule has 4 rings (SSSR count). The molecule has 2 amide bonds. The Morgan fingerprint density at radius 2 is 1.75 bits per heavy atom. The fourth-order valence-electron chi connectivity index (χ4n) is 6.64. The van der Waals surface area contributed by atoms with Gasteiger partial charge in [-0.15, -0.1) is 0 Å². The third-order valence-corrected chi connectivity index (χ3v) is 9.64. The van der Waals surface area contributed by atoms with Gasteiger partial charge in [0, 0.05) is 44.7 Å². The summed E-state index contributed by atoms with van der Waals surface area (Å²) in [5.41, 5.74) is 5.97. The number of ether oxygens (including phenoxy) is 5. The van der Waals surface area contributed by atoms with Crippen molar-refractivity contribution in [3.8, 4) is 0 Å². The smallest absolute Gasteiger partial charge is 0.330 e. The van der Waals surface area contributed by atoms with Crippen molar-refractivity contribution < 1.29 is 68.7 Å². The number of epoxide rings is 1. The number of fused-ring (bicyclic) bond motifs is 3. The fraction of sp³-hybridized carbons (Fsp3) is 0.658. The lowest BCUT2D eigenvalue weighted by molar-refractivity contribution is -0.298. The van der Waals surface area contributed by atoms with E-state index < -0.39 is 97.4 Å². The second kappa shape index (κ2) is 21.7. The van der Waals surface area contributed by atoms with E-state index in [0.29, 0.717) is 12.8 Å². The molecule has 0 spiro atoms. The highest BCUT2D eigenvalue weighted by Gasteiger charge is 2.49. The van der Waals surface area contributed by atoms with E-state index in [2.05, 4.69) is 17.6 Å². The number of unbranched alkanes of at least 4 members (excludes halogenated alkanes) is 1. The summed E-state index contributed by atoms with van der Waals surface area (Å²) in [7, 11) is 0. The van der Waals surface area contributed by atoms with Gasteiger partial charge >= 0.3 is 18.0 Å². The number of carboxylic acids is 1. The van der Waals surface area contributed by atoms with E-state index in [1.54, 1.807) is 36.5 Å². The van der Waals surface area contributed by atoms with Crippen LogP contribution < -0.4 is 16.4 Å². The minimum Gasteiger partial charge on any atom is -0.481 e. The lowest BCUT2D eigenvalue weighted by Crippen LogP contribution is -2.63. The van der Waals surface area contributed by atoms with Crippen molar-refractivity contribution in [2.75, 3.05) is 13.2 Å². The maximum Gasteiger partial charge on any atom is 0.330 e. The van der Waals surface area contributed by atoms with Crippen molar-refractivity contribution in [1.82, 2.24) is 10.6 Å². The van der Waals surface area contributed by atoms with Crippen molar-refractivity contribution in [3.05, 3.63) is 60.8 Å². The average molecular weight is 780 g/mol. The van der Waals surface area contributed by atoms with Gasteiger partial charge in [0.25, 0.3) is 0 Å². The van der Waals surface area contributed by atoms with Crippen molar-refractivity contribution in [3.63, 3.8) is 0 Å². The van der Waals surface area contributed by atoms with Gasteiger partial charge in [0.05, 0.1) is 61.7 Å². The predicted molar refractivity (Wildman–Crippen MR) is 196 cm³/mol. The molecule has 0 aromatic rings. The zero-order valence-electron chi connectivity index (χ0n) is 31.0. The molecule has 4 aliphatic rings. The summed E-state index contributed by atoms with van der Waals surface area (Å²) in [6.07, 6.45) is 9.06. The summed E-state index contributed by atoms with van der Waals surface area (Å²) >= 11 is 0.